The van der Waals surface area contributed by atoms with Crippen LogP contribution in [0.3, 0.4) is 0 Å². The fourth-order valence-corrected chi connectivity index (χ4v) is 3.32. The lowest BCUT2D eigenvalue weighted by Gasteiger charge is -2.27. The number of phenols is 2. The lowest BCUT2D eigenvalue weighted by molar-refractivity contribution is -0.319. The number of thioether (sulfide) groups is 1. The summed E-state index contributed by atoms with van der Waals surface area (Å²) >= 11 is 5.72. The maximum Gasteiger partial charge on any atom is 0.266 e. The number of benzene rings is 1. The number of phenolic OH excluding ortho intramolecular Hbond substituents is 2. The third-order valence-electron chi connectivity index (χ3n) is 3.06. The zero-order valence-electron chi connectivity index (χ0n) is 11.8. The van der Waals surface area contributed by atoms with E-state index in [4.69, 9.17) is 12.2 Å². The molecule has 2 N–H and O–H groups in total. The summed E-state index contributed by atoms with van der Waals surface area (Å²) in [7, 11) is 0. The van der Waals surface area contributed by atoms with Crippen molar-refractivity contribution >= 4 is 52.2 Å². The van der Waals surface area contributed by atoms with Gasteiger partial charge in [-0.15, -0.1) is 0 Å². The number of rotatable bonds is 5. The maximum absolute atomic E-state index is 12.3. The van der Waals surface area contributed by atoms with Crippen LogP contribution in [0.25, 0.3) is 6.08 Å². The van der Waals surface area contributed by atoms with E-state index in [1.54, 1.807) is 0 Å². The minimum Gasteiger partial charge on any atom is -0.550 e. The van der Waals surface area contributed by atoms with Crippen molar-refractivity contribution in [2.24, 2.45) is 0 Å². The van der Waals surface area contributed by atoms with E-state index in [2.05, 4.69) is 0 Å². The summed E-state index contributed by atoms with van der Waals surface area (Å²) in [6, 6.07) is 2.04. The summed E-state index contributed by atoms with van der Waals surface area (Å²) in [5, 5.41) is 40.5. The van der Waals surface area contributed by atoms with Crippen LogP contribution in [-0.2, 0) is 14.4 Å². The predicted octanol–water partition coefficient (Wildman–Crippen LogP) is -1.44. The van der Waals surface area contributed by atoms with Gasteiger partial charge in [0.15, 0.2) is 11.5 Å². The lowest BCUT2D eigenvalue weighted by atomic mass is 10.1. The van der Waals surface area contributed by atoms with E-state index >= 15 is 0 Å². The number of aliphatic carboxylic acids is 2. The molecule has 0 bridgehead atoms. The fourth-order valence-electron chi connectivity index (χ4n) is 1.97. The second-order valence-corrected chi connectivity index (χ2v) is 6.39. The first-order chi connectivity index (χ1) is 11.2. The SMILES string of the molecule is O=C([O-])C[C@@H](C(=O)[O-])N1C(=O)/C(=C\c2ccc(O)c(O)c2)SC1=S. The highest BCUT2D eigenvalue weighted by molar-refractivity contribution is 8.26. The largest absolute Gasteiger partial charge is 0.550 e. The number of nitrogens with zero attached hydrogens (tertiary/aromatic N) is 1. The number of hydrogen-bond acceptors (Lipinski definition) is 9. The minimum atomic E-state index is -1.78. The van der Waals surface area contributed by atoms with Crippen molar-refractivity contribution in [3.05, 3.63) is 28.7 Å². The number of thiocarbonyl (C=S) groups is 1. The molecule has 1 aromatic carbocycles. The number of carboxylic acid groups (broad SMARTS) is 2. The molecule has 0 aliphatic carbocycles. The van der Waals surface area contributed by atoms with E-state index in [9.17, 15) is 34.8 Å². The summed E-state index contributed by atoms with van der Waals surface area (Å²) in [4.78, 5) is 34.8. The molecular weight excluding hydrogens is 358 g/mol. The highest BCUT2D eigenvalue weighted by Crippen LogP contribution is 2.35. The third kappa shape index (κ3) is 3.66. The van der Waals surface area contributed by atoms with Gasteiger partial charge in [-0.25, -0.2) is 0 Å². The quantitative estimate of drug-likeness (QED) is 0.363. The van der Waals surface area contributed by atoms with Gasteiger partial charge in [0.05, 0.1) is 16.9 Å². The molecular formula is C14H9NO7S2-2. The molecule has 2 rings (SSSR count). The molecule has 0 spiro atoms. The van der Waals surface area contributed by atoms with Crippen LogP contribution in [0.1, 0.15) is 12.0 Å². The van der Waals surface area contributed by atoms with E-state index < -0.39 is 36.1 Å². The van der Waals surface area contributed by atoms with Gasteiger partial charge >= 0.3 is 0 Å². The van der Waals surface area contributed by atoms with Crippen LogP contribution in [0, 0.1) is 0 Å². The molecule has 1 heterocycles. The molecule has 1 fully saturated rings. The number of carbonyl (C=O) groups excluding carboxylic acids is 3. The van der Waals surface area contributed by atoms with Gasteiger partial charge in [-0.05, 0) is 23.8 Å². The van der Waals surface area contributed by atoms with Gasteiger partial charge in [-0.2, -0.15) is 0 Å². The van der Waals surface area contributed by atoms with E-state index in [1.807, 2.05) is 0 Å². The highest BCUT2D eigenvalue weighted by Gasteiger charge is 2.37. The van der Waals surface area contributed by atoms with Gasteiger partial charge in [-0.3, -0.25) is 9.69 Å². The highest BCUT2D eigenvalue weighted by atomic mass is 32.2. The molecule has 8 nitrogen and oxygen atoms in total. The smallest absolute Gasteiger partial charge is 0.266 e. The topological polar surface area (TPSA) is 141 Å². The van der Waals surface area contributed by atoms with E-state index in [0.717, 1.165) is 11.8 Å². The Balaban J connectivity index is 2.33. The first-order valence-electron chi connectivity index (χ1n) is 6.40. The summed E-state index contributed by atoms with van der Waals surface area (Å²) in [6.07, 6.45) is 0.367. The number of aromatic hydroxyl groups is 2. The standard InChI is InChI=1S/C14H11NO7S2/c16-8-2-1-6(3-9(8)17)4-10-12(20)15(14(23)24-10)7(13(21)22)5-11(18)19/h1-4,7,16-17H,5H2,(H,18,19)(H,21,22)/p-2/b10-4+/t7-/m0/s1. The van der Waals surface area contributed by atoms with Crippen molar-refractivity contribution in [1.29, 1.82) is 0 Å². The lowest BCUT2D eigenvalue weighted by Crippen LogP contribution is -2.52. The number of carbonyl (C=O) groups is 3. The number of carboxylic acids is 2. The van der Waals surface area contributed by atoms with E-state index in [-0.39, 0.29) is 15.0 Å². The molecule has 0 unspecified atom stereocenters. The maximum atomic E-state index is 12.3. The van der Waals surface area contributed by atoms with Gasteiger partial charge in [-0.1, -0.05) is 30.0 Å². The van der Waals surface area contributed by atoms with Crippen molar-refractivity contribution in [2.75, 3.05) is 0 Å². The molecule has 1 aliphatic rings. The second-order valence-electron chi connectivity index (χ2n) is 4.71. The first kappa shape index (κ1) is 17.8. The van der Waals surface area contributed by atoms with Gasteiger partial charge in [0, 0.05) is 12.4 Å². The summed E-state index contributed by atoms with van der Waals surface area (Å²) in [6.45, 7) is 0. The summed E-state index contributed by atoms with van der Waals surface area (Å²) in [5.74, 6) is -4.97. The van der Waals surface area contributed by atoms with Crippen LogP contribution in [-0.4, -0.2) is 43.3 Å². The van der Waals surface area contributed by atoms with Gasteiger partial charge in [0.25, 0.3) is 5.91 Å². The Morgan fingerprint density at radius 2 is 1.96 bits per heavy atom. The molecule has 1 aromatic rings. The molecule has 126 valence electrons. The minimum absolute atomic E-state index is 0.0367. The first-order valence-corrected chi connectivity index (χ1v) is 7.63. The predicted molar refractivity (Wildman–Crippen MR) is 83.2 cm³/mol. The monoisotopic (exact) mass is 367 g/mol. The van der Waals surface area contributed by atoms with Crippen molar-refractivity contribution in [3.8, 4) is 11.5 Å². The van der Waals surface area contributed by atoms with Gasteiger partial charge in [0.2, 0.25) is 0 Å². The molecule has 1 amide bonds. The van der Waals surface area contributed by atoms with Crippen molar-refractivity contribution in [1.82, 2.24) is 4.90 Å². The summed E-state index contributed by atoms with van der Waals surface area (Å²) < 4.78 is -0.135. The number of hydrogen-bond donors (Lipinski definition) is 2. The average Bonchev–Trinajstić information content (AvgIpc) is 2.75. The Hall–Kier alpha value is -2.59. The van der Waals surface area contributed by atoms with Gasteiger partial charge in [0.1, 0.15) is 4.32 Å². The van der Waals surface area contributed by atoms with Crippen molar-refractivity contribution < 1.29 is 34.8 Å². The summed E-state index contributed by atoms with van der Waals surface area (Å²) in [5.41, 5.74) is 0.357. The molecule has 1 atom stereocenters. The Labute approximate surface area is 145 Å². The Bertz CT molecular complexity index is 774. The zero-order valence-corrected chi connectivity index (χ0v) is 13.4. The van der Waals surface area contributed by atoms with Crippen LogP contribution in [0.15, 0.2) is 23.1 Å². The molecule has 1 aliphatic heterocycles. The third-order valence-corrected chi connectivity index (χ3v) is 4.39. The van der Waals surface area contributed by atoms with Crippen molar-refractivity contribution in [2.45, 2.75) is 12.5 Å². The number of amides is 1. The Morgan fingerprint density at radius 3 is 2.50 bits per heavy atom. The van der Waals surface area contributed by atoms with Crippen LogP contribution in [0.5, 0.6) is 11.5 Å². The molecule has 10 heteroatoms. The molecule has 24 heavy (non-hydrogen) atoms. The molecule has 0 saturated carbocycles. The molecule has 0 aromatic heterocycles. The zero-order chi connectivity index (χ0) is 18.0. The van der Waals surface area contributed by atoms with E-state index in [0.29, 0.717) is 10.5 Å². The van der Waals surface area contributed by atoms with Gasteiger partial charge < -0.3 is 30.0 Å². The van der Waals surface area contributed by atoms with Crippen LogP contribution < -0.4 is 10.2 Å². The van der Waals surface area contributed by atoms with Crippen molar-refractivity contribution in [3.63, 3.8) is 0 Å². The van der Waals surface area contributed by atoms with Crippen LogP contribution in [0.4, 0.5) is 0 Å². The fraction of sp³-hybridized carbons (Fsp3) is 0.143. The second kappa shape index (κ2) is 6.89. The van der Waals surface area contributed by atoms with E-state index in [1.165, 1.54) is 24.3 Å². The molecule has 1 saturated heterocycles. The van der Waals surface area contributed by atoms with Crippen LogP contribution in [0.2, 0.25) is 0 Å². The normalized spacial score (nSPS) is 17.3. The average molecular weight is 367 g/mol. The Kier molecular flexibility index (Phi) is 5.10. The molecule has 0 radical (unpaired) electrons. The van der Waals surface area contributed by atoms with Crippen LogP contribution >= 0.6 is 24.0 Å². The Morgan fingerprint density at radius 1 is 1.29 bits per heavy atom.